The molecule has 0 aromatic carbocycles. The lowest BCUT2D eigenvalue weighted by atomic mass is 10.1. The molecule has 0 aliphatic carbocycles. The van der Waals surface area contributed by atoms with E-state index in [1.165, 1.54) is 122 Å². The summed E-state index contributed by atoms with van der Waals surface area (Å²) in [6, 6.07) is 1.13. The molecule has 0 spiro atoms. The van der Waals surface area contributed by atoms with E-state index in [9.17, 15) is 19.2 Å². The first-order valence-electron chi connectivity index (χ1n) is 24.1. The lowest BCUT2D eigenvalue weighted by molar-refractivity contribution is -0.0425. The van der Waals surface area contributed by atoms with Gasteiger partial charge in [0.2, 0.25) is 0 Å². The quantitative estimate of drug-likeness (QED) is 0.0195. The number of carbonyl (C=O) groups excluding carboxylic acids is 2. The lowest BCUT2D eigenvalue weighted by Gasteiger charge is -2.24. The van der Waals surface area contributed by atoms with Gasteiger partial charge in [-0.05, 0) is 69.7 Å². The van der Waals surface area contributed by atoms with Crippen molar-refractivity contribution in [2.45, 2.75) is 218 Å². The maximum Gasteiger partial charge on any atom is 0.407 e. The number of rotatable bonds is 37. The molecule has 14 heteroatoms. The minimum Gasteiger partial charge on any atom is -0.439 e. The van der Waals surface area contributed by atoms with Crippen molar-refractivity contribution in [3.05, 3.63) is 67.8 Å². The van der Waals surface area contributed by atoms with Gasteiger partial charge in [-0.2, -0.15) is 0 Å². The smallest absolute Gasteiger partial charge is 0.407 e. The number of azide groups is 1. The molecule has 1 fully saturated rings. The van der Waals surface area contributed by atoms with Crippen molar-refractivity contribution in [3.8, 4) is 0 Å². The molecule has 2 amide bonds. The molecule has 4 atom stereocenters. The molecule has 0 saturated carbocycles. The van der Waals surface area contributed by atoms with E-state index in [2.05, 4.69) is 63.8 Å². The van der Waals surface area contributed by atoms with Crippen LogP contribution < -0.4 is 21.9 Å². The van der Waals surface area contributed by atoms with Crippen LogP contribution in [0.2, 0.25) is 0 Å². The fraction of sp³-hybridized carbons (Fsp3) is 0.787. The zero-order chi connectivity index (χ0) is 44.0. The highest BCUT2D eigenvalue weighted by molar-refractivity contribution is 5.68. The van der Waals surface area contributed by atoms with Gasteiger partial charge in [0.25, 0.3) is 5.56 Å². The van der Waals surface area contributed by atoms with Gasteiger partial charge in [0.15, 0.2) is 18.4 Å². The zero-order valence-electron chi connectivity index (χ0n) is 37.8. The van der Waals surface area contributed by atoms with E-state index in [-0.39, 0.29) is 6.54 Å². The van der Waals surface area contributed by atoms with E-state index < -0.39 is 48.0 Å². The predicted octanol–water partition coefficient (Wildman–Crippen LogP) is 12.0. The van der Waals surface area contributed by atoms with Crippen LogP contribution >= 0.6 is 0 Å². The number of aromatic amines is 1. The molecule has 1 aromatic heterocycles. The molecule has 0 unspecified atom stereocenters. The Hall–Kier alpha value is -4.03. The summed E-state index contributed by atoms with van der Waals surface area (Å²) in [6.45, 7) is 5.00. The van der Waals surface area contributed by atoms with Crippen LogP contribution in [0.1, 0.15) is 200 Å². The van der Waals surface area contributed by atoms with Crippen molar-refractivity contribution < 1.29 is 23.8 Å². The van der Waals surface area contributed by atoms with E-state index >= 15 is 0 Å². The number of nitrogens with zero attached hydrogens (tertiary/aromatic N) is 4. The maximum absolute atomic E-state index is 13.1. The molecule has 14 nitrogen and oxygen atoms in total. The molecular weight excluding hydrogens is 775 g/mol. The third kappa shape index (κ3) is 26.1. The Morgan fingerprint density at radius 3 is 1.51 bits per heavy atom. The van der Waals surface area contributed by atoms with Gasteiger partial charge in [-0.3, -0.25) is 14.3 Å². The molecule has 1 aromatic rings. The summed E-state index contributed by atoms with van der Waals surface area (Å²) in [6.07, 6.45) is 37.3. The van der Waals surface area contributed by atoms with E-state index in [1.54, 1.807) is 0 Å². The molecule has 3 N–H and O–H groups in total. The first-order chi connectivity index (χ1) is 29.9. The Balaban J connectivity index is 1.76. The van der Waals surface area contributed by atoms with Crippen LogP contribution in [0.25, 0.3) is 10.4 Å². The van der Waals surface area contributed by atoms with Gasteiger partial charge >= 0.3 is 17.9 Å². The molecule has 61 heavy (non-hydrogen) atoms. The van der Waals surface area contributed by atoms with Crippen LogP contribution in [0.15, 0.2) is 51.3 Å². The fourth-order valence-corrected chi connectivity index (χ4v) is 7.55. The number of alkyl carbamates (subject to hydrolysis) is 2. The van der Waals surface area contributed by atoms with Gasteiger partial charge in [0.1, 0.15) is 6.10 Å². The number of unbranched alkanes of at least 4 members (excludes halogenated alkanes) is 24. The number of aromatic nitrogens is 2. The highest BCUT2D eigenvalue weighted by atomic mass is 16.7. The van der Waals surface area contributed by atoms with Gasteiger partial charge in [-0.1, -0.05) is 159 Å². The van der Waals surface area contributed by atoms with Gasteiger partial charge in [-0.25, -0.2) is 14.4 Å². The third-order valence-corrected chi connectivity index (χ3v) is 11.1. The van der Waals surface area contributed by atoms with Crippen molar-refractivity contribution in [1.82, 2.24) is 20.2 Å². The normalized spacial score (nSPS) is 17.5. The monoisotopic (exact) mass is 856 g/mol. The molecule has 1 saturated heterocycles. The number of allylic oxidation sites excluding steroid dienone is 4. The summed E-state index contributed by atoms with van der Waals surface area (Å²) in [5.41, 5.74) is 7.62. The van der Waals surface area contributed by atoms with Gasteiger partial charge in [-0.15, -0.1) is 0 Å². The molecule has 0 bridgehead atoms. The standard InChI is InChI=1S/C47H81N7O7/c1-3-5-7-9-11-13-15-17-19-21-23-25-27-29-31-33-36-49-46(57)60-42-40(39-51-53-48)59-44(54-38-35-41(55)52-45(54)56)43(42)61-47(58)50-37-34-32-30-28-26-24-22-20-18-16-14-12-10-8-6-4-2/h17-20,35,38,40,42-44H,3-16,21-34,36-37,39H2,1-2H3,(H,49,57)(H,50,58)(H,52,55,56)/b19-17-,20-18-/t40-,42-,43-,44-/m1/s1. The molecular formula is C47H81N7O7. The number of H-pyrrole nitrogens is 1. The molecule has 2 heterocycles. The first kappa shape index (κ1) is 53.1. The summed E-state index contributed by atoms with van der Waals surface area (Å²) in [7, 11) is 0. The Kier molecular flexibility index (Phi) is 31.9. The summed E-state index contributed by atoms with van der Waals surface area (Å²) in [5.74, 6) is 0. The van der Waals surface area contributed by atoms with E-state index in [0.717, 1.165) is 74.8 Å². The highest BCUT2D eigenvalue weighted by Gasteiger charge is 2.50. The Bertz CT molecular complexity index is 1510. The second-order valence-corrected chi connectivity index (χ2v) is 16.5. The zero-order valence-corrected chi connectivity index (χ0v) is 37.8. The van der Waals surface area contributed by atoms with Crippen molar-refractivity contribution >= 4 is 12.2 Å². The number of hydrogen-bond acceptors (Lipinski definition) is 8. The van der Waals surface area contributed by atoms with Crippen molar-refractivity contribution in [1.29, 1.82) is 0 Å². The average molecular weight is 856 g/mol. The Labute approximate surface area is 366 Å². The van der Waals surface area contributed by atoms with Gasteiger partial charge in [0.05, 0.1) is 6.54 Å². The maximum atomic E-state index is 13.1. The van der Waals surface area contributed by atoms with Crippen LogP contribution in [0.3, 0.4) is 0 Å². The van der Waals surface area contributed by atoms with E-state index in [4.69, 9.17) is 19.7 Å². The second kappa shape index (κ2) is 36.6. The molecule has 1 aliphatic rings. The number of nitrogens with one attached hydrogen (secondary N) is 3. The van der Waals surface area contributed by atoms with Crippen LogP contribution in [0.5, 0.6) is 0 Å². The molecule has 2 rings (SSSR count). The Morgan fingerprint density at radius 2 is 1.08 bits per heavy atom. The second-order valence-electron chi connectivity index (χ2n) is 16.5. The van der Waals surface area contributed by atoms with Crippen molar-refractivity contribution in [3.63, 3.8) is 0 Å². The minimum absolute atomic E-state index is 0.255. The third-order valence-electron chi connectivity index (χ3n) is 11.1. The first-order valence-corrected chi connectivity index (χ1v) is 24.1. The Morgan fingerprint density at radius 1 is 0.672 bits per heavy atom. The number of hydrogen-bond donors (Lipinski definition) is 3. The summed E-state index contributed by atoms with van der Waals surface area (Å²) in [5, 5.41) is 9.13. The van der Waals surface area contributed by atoms with Crippen molar-refractivity contribution in [2.24, 2.45) is 5.11 Å². The number of amides is 2. The number of carbonyl (C=O) groups is 2. The van der Waals surface area contributed by atoms with Gasteiger partial charge < -0.3 is 24.8 Å². The van der Waals surface area contributed by atoms with E-state index in [0.29, 0.717) is 13.1 Å². The lowest BCUT2D eigenvalue weighted by Crippen LogP contribution is -2.45. The molecule has 346 valence electrons. The average Bonchev–Trinajstić information content (AvgIpc) is 3.57. The number of ether oxygens (including phenoxy) is 3. The predicted molar refractivity (Wildman–Crippen MR) is 245 cm³/mol. The minimum atomic E-state index is -1.29. The van der Waals surface area contributed by atoms with Crippen LogP contribution in [-0.2, 0) is 14.2 Å². The summed E-state index contributed by atoms with van der Waals surface area (Å²) < 4.78 is 18.6. The summed E-state index contributed by atoms with van der Waals surface area (Å²) >= 11 is 0. The summed E-state index contributed by atoms with van der Waals surface area (Å²) in [4.78, 5) is 55.7. The molecule has 0 radical (unpaired) electrons. The molecule has 1 aliphatic heterocycles. The fourth-order valence-electron chi connectivity index (χ4n) is 7.55. The van der Waals surface area contributed by atoms with Gasteiger partial charge in [0, 0.05) is 30.3 Å². The SMILES string of the molecule is CCCCCCCC/C=C\CCCCCCCCNC(=O)O[C@@H]1[C@H](OC(=O)NCCCCCCCC/C=C\CCCCCCCC)[C@@H](CN=[N+]=[N-])O[C@H]1n1ccc(=O)[nH]c1=O. The van der Waals surface area contributed by atoms with Crippen LogP contribution in [-0.4, -0.2) is 59.7 Å². The van der Waals surface area contributed by atoms with Crippen LogP contribution in [0, 0.1) is 0 Å². The van der Waals surface area contributed by atoms with E-state index in [1.807, 2.05) is 0 Å². The van der Waals surface area contributed by atoms with Crippen molar-refractivity contribution in [2.75, 3.05) is 19.6 Å². The topological polar surface area (TPSA) is 190 Å². The largest absolute Gasteiger partial charge is 0.439 e. The van der Waals surface area contributed by atoms with Crippen LogP contribution in [0.4, 0.5) is 9.59 Å². The highest BCUT2D eigenvalue weighted by Crippen LogP contribution is 2.33.